The molecule has 5 heteroatoms. The summed E-state index contributed by atoms with van der Waals surface area (Å²) in [5.74, 6) is -0.148. The first-order valence-electron chi connectivity index (χ1n) is 6.00. The van der Waals surface area contributed by atoms with Gasteiger partial charge in [-0.2, -0.15) is 0 Å². The number of nitrogens with zero attached hydrogens (tertiary/aromatic N) is 1. The zero-order valence-corrected chi connectivity index (χ0v) is 11.3. The Balaban J connectivity index is 1.89. The number of carbonyl (C=O) groups is 1. The van der Waals surface area contributed by atoms with E-state index in [0.29, 0.717) is 12.2 Å². The zero-order chi connectivity index (χ0) is 12.1. The molecule has 0 bridgehead atoms. The lowest BCUT2D eigenvalue weighted by Crippen LogP contribution is -2.40. The molecule has 0 radical (unpaired) electrons. The minimum atomic E-state index is -0.148. The lowest BCUT2D eigenvalue weighted by Gasteiger charge is -2.35. The molecule has 1 N–H and O–H groups in total. The highest BCUT2D eigenvalue weighted by atomic mass is 79.9. The SMILES string of the molecule is O=C(NCC1(CBr)CCCCC1)c1ccon1. The highest BCUT2D eigenvalue weighted by Gasteiger charge is 2.31. The second kappa shape index (κ2) is 5.67. The first kappa shape index (κ1) is 12.6. The molecule has 1 aromatic heterocycles. The Hall–Kier alpha value is -0.840. The van der Waals surface area contributed by atoms with E-state index in [1.165, 1.54) is 38.4 Å². The number of amides is 1. The van der Waals surface area contributed by atoms with Crippen LogP contribution in [-0.4, -0.2) is 22.9 Å². The molecule has 1 aliphatic carbocycles. The second-order valence-electron chi connectivity index (χ2n) is 4.76. The molecule has 94 valence electrons. The van der Waals surface area contributed by atoms with Crippen LogP contribution in [0.3, 0.4) is 0 Å². The van der Waals surface area contributed by atoms with Gasteiger partial charge in [0.15, 0.2) is 5.69 Å². The Morgan fingerprint density at radius 3 is 2.82 bits per heavy atom. The van der Waals surface area contributed by atoms with Crippen molar-refractivity contribution < 1.29 is 9.32 Å². The van der Waals surface area contributed by atoms with Gasteiger partial charge in [0.25, 0.3) is 5.91 Å². The van der Waals surface area contributed by atoms with Gasteiger partial charge < -0.3 is 9.84 Å². The molecule has 0 atom stereocenters. The number of hydrogen-bond acceptors (Lipinski definition) is 3. The number of alkyl halides is 1. The van der Waals surface area contributed by atoms with E-state index in [1.54, 1.807) is 6.07 Å². The number of nitrogens with one attached hydrogen (secondary N) is 1. The molecule has 2 rings (SSSR count). The normalized spacial score (nSPS) is 18.9. The maximum Gasteiger partial charge on any atom is 0.273 e. The largest absolute Gasteiger partial charge is 0.364 e. The van der Waals surface area contributed by atoms with Crippen molar-refractivity contribution in [2.75, 3.05) is 11.9 Å². The quantitative estimate of drug-likeness (QED) is 0.870. The van der Waals surface area contributed by atoms with Crippen LogP contribution in [0, 0.1) is 5.41 Å². The fourth-order valence-corrected chi connectivity index (χ4v) is 3.11. The minimum absolute atomic E-state index is 0.148. The zero-order valence-electron chi connectivity index (χ0n) is 9.75. The Morgan fingerprint density at radius 2 is 2.24 bits per heavy atom. The Kier molecular flexibility index (Phi) is 4.20. The third-order valence-corrected chi connectivity index (χ3v) is 4.68. The lowest BCUT2D eigenvalue weighted by atomic mass is 9.75. The van der Waals surface area contributed by atoms with E-state index in [0.717, 1.165) is 5.33 Å². The van der Waals surface area contributed by atoms with Crippen molar-refractivity contribution in [3.8, 4) is 0 Å². The van der Waals surface area contributed by atoms with Crippen LogP contribution in [0.25, 0.3) is 0 Å². The average Bonchev–Trinajstić information content (AvgIpc) is 2.91. The topological polar surface area (TPSA) is 55.1 Å². The summed E-state index contributed by atoms with van der Waals surface area (Å²) in [7, 11) is 0. The molecule has 0 spiro atoms. The third kappa shape index (κ3) is 3.09. The highest BCUT2D eigenvalue weighted by molar-refractivity contribution is 9.09. The molecule has 1 aliphatic rings. The van der Waals surface area contributed by atoms with Gasteiger partial charge in [-0.3, -0.25) is 4.79 Å². The summed E-state index contributed by atoms with van der Waals surface area (Å²) in [6, 6.07) is 1.58. The molecule has 1 aromatic rings. The Labute approximate surface area is 109 Å². The molecule has 1 heterocycles. The van der Waals surface area contributed by atoms with Gasteiger partial charge in [0.2, 0.25) is 0 Å². The van der Waals surface area contributed by atoms with Crippen molar-refractivity contribution in [1.82, 2.24) is 10.5 Å². The van der Waals surface area contributed by atoms with E-state index in [-0.39, 0.29) is 11.3 Å². The number of hydrogen-bond donors (Lipinski definition) is 1. The van der Waals surface area contributed by atoms with E-state index < -0.39 is 0 Å². The van der Waals surface area contributed by atoms with Crippen LogP contribution in [0.4, 0.5) is 0 Å². The Morgan fingerprint density at radius 1 is 1.47 bits per heavy atom. The summed E-state index contributed by atoms with van der Waals surface area (Å²) in [6.45, 7) is 0.712. The molecular formula is C12H17BrN2O2. The first-order chi connectivity index (χ1) is 8.26. The van der Waals surface area contributed by atoms with E-state index in [9.17, 15) is 4.79 Å². The van der Waals surface area contributed by atoms with Crippen molar-refractivity contribution in [2.45, 2.75) is 32.1 Å². The van der Waals surface area contributed by atoms with Gasteiger partial charge in [-0.25, -0.2) is 0 Å². The van der Waals surface area contributed by atoms with Crippen molar-refractivity contribution in [3.05, 3.63) is 18.0 Å². The summed E-state index contributed by atoms with van der Waals surface area (Å²) < 4.78 is 4.66. The van der Waals surface area contributed by atoms with Crippen LogP contribution in [0.5, 0.6) is 0 Å². The molecule has 1 amide bonds. The molecule has 0 aliphatic heterocycles. The molecule has 0 aromatic carbocycles. The summed E-state index contributed by atoms with van der Waals surface area (Å²) in [6.07, 6.45) is 7.59. The third-order valence-electron chi connectivity index (χ3n) is 3.49. The maximum absolute atomic E-state index is 11.8. The fraction of sp³-hybridized carbons (Fsp3) is 0.667. The maximum atomic E-state index is 11.8. The van der Waals surface area contributed by atoms with E-state index in [4.69, 9.17) is 0 Å². The van der Waals surface area contributed by atoms with Crippen LogP contribution in [0.1, 0.15) is 42.6 Å². The van der Waals surface area contributed by atoms with Crippen LogP contribution < -0.4 is 5.32 Å². The van der Waals surface area contributed by atoms with E-state index in [2.05, 4.69) is 30.9 Å². The summed E-state index contributed by atoms with van der Waals surface area (Å²) >= 11 is 3.58. The van der Waals surface area contributed by atoms with Gasteiger partial charge in [0.1, 0.15) is 6.26 Å². The summed E-state index contributed by atoms with van der Waals surface area (Å²) in [5.41, 5.74) is 0.572. The van der Waals surface area contributed by atoms with Gasteiger partial charge in [0.05, 0.1) is 0 Å². The van der Waals surface area contributed by atoms with E-state index in [1.807, 2.05) is 0 Å². The number of aromatic nitrogens is 1. The van der Waals surface area contributed by atoms with Crippen molar-refractivity contribution >= 4 is 21.8 Å². The predicted octanol–water partition coefficient (Wildman–Crippen LogP) is 2.75. The average molecular weight is 301 g/mol. The minimum Gasteiger partial charge on any atom is -0.364 e. The van der Waals surface area contributed by atoms with Crippen molar-refractivity contribution in [3.63, 3.8) is 0 Å². The van der Waals surface area contributed by atoms with Gasteiger partial charge in [-0.1, -0.05) is 40.3 Å². The number of halogens is 1. The second-order valence-corrected chi connectivity index (χ2v) is 5.32. The van der Waals surface area contributed by atoms with Crippen LogP contribution in [0.2, 0.25) is 0 Å². The summed E-state index contributed by atoms with van der Waals surface area (Å²) in [4.78, 5) is 11.8. The molecule has 1 saturated carbocycles. The van der Waals surface area contributed by atoms with Crippen LogP contribution in [-0.2, 0) is 0 Å². The van der Waals surface area contributed by atoms with Gasteiger partial charge in [-0.15, -0.1) is 0 Å². The monoisotopic (exact) mass is 300 g/mol. The molecular weight excluding hydrogens is 284 g/mol. The fourth-order valence-electron chi connectivity index (χ4n) is 2.35. The summed E-state index contributed by atoms with van der Waals surface area (Å²) in [5, 5.41) is 7.53. The smallest absolute Gasteiger partial charge is 0.273 e. The lowest BCUT2D eigenvalue weighted by molar-refractivity contribution is 0.0913. The molecule has 17 heavy (non-hydrogen) atoms. The van der Waals surface area contributed by atoms with E-state index >= 15 is 0 Å². The Bertz CT molecular complexity index is 359. The predicted molar refractivity (Wildman–Crippen MR) is 68.1 cm³/mol. The van der Waals surface area contributed by atoms with Crippen molar-refractivity contribution in [1.29, 1.82) is 0 Å². The highest BCUT2D eigenvalue weighted by Crippen LogP contribution is 2.37. The molecule has 0 saturated heterocycles. The van der Waals surface area contributed by atoms with Crippen LogP contribution in [0.15, 0.2) is 16.9 Å². The molecule has 4 nitrogen and oxygen atoms in total. The molecule has 0 unspecified atom stereocenters. The van der Waals surface area contributed by atoms with Crippen LogP contribution >= 0.6 is 15.9 Å². The number of rotatable bonds is 4. The number of carbonyl (C=O) groups excluding carboxylic acids is 1. The van der Waals surface area contributed by atoms with Gasteiger partial charge in [-0.05, 0) is 18.3 Å². The van der Waals surface area contributed by atoms with Gasteiger partial charge >= 0.3 is 0 Å². The standard InChI is InChI=1S/C12H17BrN2O2/c13-8-12(5-2-1-3-6-12)9-14-11(16)10-4-7-17-15-10/h4,7H,1-3,5-6,8-9H2,(H,14,16). The molecule has 1 fully saturated rings. The van der Waals surface area contributed by atoms with Crippen molar-refractivity contribution in [2.24, 2.45) is 5.41 Å². The van der Waals surface area contributed by atoms with Gasteiger partial charge in [0, 0.05) is 17.9 Å². The first-order valence-corrected chi connectivity index (χ1v) is 7.12.